The Kier molecular flexibility index (Phi) is 5.11. The Labute approximate surface area is 130 Å². The van der Waals surface area contributed by atoms with E-state index < -0.39 is 0 Å². The number of likely N-dealkylation sites (tertiary alicyclic amines) is 1. The Hall–Kier alpha value is -0.860. The third-order valence-corrected chi connectivity index (χ3v) is 4.25. The van der Waals surface area contributed by atoms with Gasteiger partial charge in [-0.15, -0.1) is 0 Å². The molecule has 118 valence electrons. The monoisotopic (exact) mass is 288 g/mol. The zero-order valence-electron chi connectivity index (χ0n) is 14.5. The minimum Gasteiger partial charge on any atom is -0.312 e. The zero-order valence-corrected chi connectivity index (χ0v) is 14.5. The summed E-state index contributed by atoms with van der Waals surface area (Å²) in [7, 11) is 0. The molecule has 0 saturated carbocycles. The number of benzene rings is 1. The van der Waals surface area contributed by atoms with E-state index in [2.05, 4.69) is 69.1 Å². The van der Waals surface area contributed by atoms with Crippen molar-refractivity contribution in [3.63, 3.8) is 0 Å². The highest BCUT2D eigenvalue weighted by molar-refractivity contribution is 5.23. The van der Waals surface area contributed by atoms with Crippen LogP contribution in [-0.2, 0) is 13.0 Å². The summed E-state index contributed by atoms with van der Waals surface area (Å²) in [6, 6.07) is 9.19. The lowest BCUT2D eigenvalue weighted by atomic mass is 9.93. The van der Waals surface area contributed by atoms with E-state index in [1.807, 2.05) is 0 Å². The molecule has 1 saturated heterocycles. The molecular formula is C19H32N2. The summed E-state index contributed by atoms with van der Waals surface area (Å²) in [5.41, 5.74) is 3.58. The summed E-state index contributed by atoms with van der Waals surface area (Å²) in [5, 5.41) is 3.54. The molecule has 0 amide bonds. The fourth-order valence-corrected chi connectivity index (χ4v) is 3.01. The smallest absolute Gasteiger partial charge is 0.0233 e. The highest BCUT2D eigenvalue weighted by Crippen LogP contribution is 2.29. The van der Waals surface area contributed by atoms with Gasteiger partial charge in [-0.1, -0.05) is 38.1 Å². The first-order chi connectivity index (χ1) is 9.73. The molecule has 0 aliphatic carbocycles. The van der Waals surface area contributed by atoms with Crippen molar-refractivity contribution in [2.45, 2.75) is 59.5 Å². The Balaban J connectivity index is 1.79. The fourth-order valence-electron chi connectivity index (χ4n) is 3.01. The van der Waals surface area contributed by atoms with Gasteiger partial charge in [0, 0.05) is 18.6 Å². The van der Waals surface area contributed by atoms with Gasteiger partial charge < -0.3 is 5.32 Å². The molecule has 1 aromatic carbocycles. The molecule has 2 heteroatoms. The van der Waals surface area contributed by atoms with E-state index >= 15 is 0 Å². The fraction of sp³-hybridized carbons (Fsp3) is 0.684. The molecule has 0 bridgehead atoms. The molecule has 1 aromatic rings. The van der Waals surface area contributed by atoms with Gasteiger partial charge in [0.2, 0.25) is 0 Å². The Morgan fingerprint density at radius 2 is 1.71 bits per heavy atom. The third-order valence-electron chi connectivity index (χ3n) is 4.25. The van der Waals surface area contributed by atoms with Crippen LogP contribution >= 0.6 is 0 Å². The summed E-state index contributed by atoms with van der Waals surface area (Å²) in [5.74, 6) is 0. The van der Waals surface area contributed by atoms with E-state index in [9.17, 15) is 0 Å². The van der Waals surface area contributed by atoms with Crippen LogP contribution in [0.25, 0.3) is 0 Å². The lowest BCUT2D eigenvalue weighted by Crippen LogP contribution is -2.37. The van der Waals surface area contributed by atoms with Crippen LogP contribution in [0, 0.1) is 5.41 Å². The maximum Gasteiger partial charge on any atom is 0.0233 e. The SMILES string of the molecule is CC1(C)CCN(Cc2ccc(CCNC(C)(C)C)cc2)C1. The number of nitrogens with zero attached hydrogens (tertiary/aromatic N) is 1. The van der Waals surface area contributed by atoms with Crippen LogP contribution < -0.4 is 5.32 Å². The Bertz CT molecular complexity index is 440. The minimum atomic E-state index is 0.211. The van der Waals surface area contributed by atoms with Crippen molar-refractivity contribution in [1.82, 2.24) is 10.2 Å². The van der Waals surface area contributed by atoms with Gasteiger partial charge in [-0.05, 0) is 63.2 Å². The van der Waals surface area contributed by atoms with E-state index in [0.29, 0.717) is 5.41 Å². The van der Waals surface area contributed by atoms with E-state index in [4.69, 9.17) is 0 Å². The highest BCUT2D eigenvalue weighted by atomic mass is 15.1. The minimum absolute atomic E-state index is 0.211. The lowest BCUT2D eigenvalue weighted by molar-refractivity contribution is 0.284. The average Bonchev–Trinajstić information content (AvgIpc) is 2.69. The molecule has 0 unspecified atom stereocenters. The van der Waals surface area contributed by atoms with Gasteiger partial charge in [0.05, 0.1) is 0 Å². The van der Waals surface area contributed by atoms with Gasteiger partial charge in [-0.2, -0.15) is 0 Å². The first-order valence-corrected chi connectivity index (χ1v) is 8.29. The molecule has 1 N–H and O–H groups in total. The van der Waals surface area contributed by atoms with Gasteiger partial charge in [0.1, 0.15) is 0 Å². The zero-order chi connectivity index (χ0) is 15.5. The Morgan fingerprint density at radius 3 is 2.24 bits per heavy atom. The number of rotatable bonds is 5. The molecule has 2 rings (SSSR count). The van der Waals surface area contributed by atoms with Crippen LogP contribution in [-0.4, -0.2) is 30.1 Å². The van der Waals surface area contributed by atoms with E-state index in [-0.39, 0.29) is 5.54 Å². The van der Waals surface area contributed by atoms with Crippen LogP contribution in [0.15, 0.2) is 24.3 Å². The molecule has 2 nitrogen and oxygen atoms in total. The van der Waals surface area contributed by atoms with Crippen molar-refractivity contribution in [3.05, 3.63) is 35.4 Å². The molecule has 0 aromatic heterocycles. The first-order valence-electron chi connectivity index (χ1n) is 8.29. The van der Waals surface area contributed by atoms with E-state index in [0.717, 1.165) is 19.5 Å². The second kappa shape index (κ2) is 6.50. The van der Waals surface area contributed by atoms with Gasteiger partial charge in [0.25, 0.3) is 0 Å². The molecule has 1 fully saturated rings. The normalized spacial score (nSPS) is 19.1. The molecule has 21 heavy (non-hydrogen) atoms. The number of nitrogens with one attached hydrogen (secondary N) is 1. The van der Waals surface area contributed by atoms with Crippen molar-refractivity contribution in [1.29, 1.82) is 0 Å². The lowest BCUT2D eigenvalue weighted by Gasteiger charge is -2.21. The second-order valence-electron chi connectivity index (χ2n) is 8.37. The van der Waals surface area contributed by atoms with Crippen LogP contribution in [0.5, 0.6) is 0 Å². The maximum atomic E-state index is 3.54. The molecular weight excluding hydrogens is 256 g/mol. The van der Waals surface area contributed by atoms with Crippen LogP contribution in [0.2, 0.25) is 0 Å². The summed E-state index contributed by atoms with van der Waals surface area (Å²) >= 11 is 0. The predicted octanol–water partition coefficient (Wildman–Crippen LogP) is 3.85. The third kappa shape index (κ3) is 5.80. The molecule has 0 atom stereocenters. The molecule has 1 aliphatic heterocycles. The highest BCUT2D eigenvalue weighted by Gasteiger charge is 2.28. The van der Waals surface area contributed by atoms with Gasteiger partial charge >= 0.3 is 0 Å². The van der Waals surface area contributed by atoms with Crippen molar-refractivity contribution in [2.75, 3.05) is 19.6 Å². The van der Waals surface area contributed by atoms with Gasteiger partial charge in [-0.25, -0.2) is 0 Å². The van der Waals surface area contributed by atoms with Crippen molar-refractivity contribution >= 4 is 0 Å². The first kappa shape index (κ1) is 16.5. The summed E-state index contributed by atoms with van der Waals surface area (Å²) in [4.78, 5) is 2.58. The molecule has 1 aliphatic rings. The molecule has 1 heterocycles. The molecule has 0 radical (unpaired) electrons. The van der Waals surface area contributed by atoms with E-state index in [1.165, 1.54) is 30.6 Å². The van der Waals surface area contributed by atoms with Gasteiger partial charge in [0.15, 0.2) is 0 Å². The van der Waals surface area contributed by atoms with E-state index in [1.54, 1.807) is 0 Å². The quantitative estimate of drug-likeness (QED) is 0.885. The predicted molar refractivity (Wildman–Crippen MR) is 91.6 cm³/mol. The van der Waals surface area contributed by atoms with Crippen LogP contribution in [0.4, 0.5) is 0 Å². The van der Waals surface area contributed by atoms with Crippen LogP contribution in [0.3, 0.4) is 0 Å². The van der Waals surface area contributed by atoms with Crippen molar-refractivity contribution in [2.24, 2.45) is 5.41 Å². The van der Waals surface area contributed by atoms with Gasteiger partial charge in [-0.3, -0.25) is 4.90 Å². The number of hydrogen-bond donors (Lipinski definition) is 1. The Morgan fingerprint density at radius 1 is 1.10 bits per heavy atom. The standard InChI is InChI=1S/C19H32N2/c1-18(2,3)20-12-10-16-6-8-17(9-7-16)14-21-13-11-19(4,5)15-21/h6-9,20H,10-15H2,1-5H3. The van der Waals surface area contributed by atoms with Crippen LogP contribution in [0.1, 0.15) is 52.2 Å². The largest absolute Gasteiger partial charge is 0.312 e. The summed E-state index contributed by atoms with van der Waals surface area (Å²) in [6.45, 7) is 16.0. The average molecular weight is 288 g/mol. The topological polar surface area (TPSA) is 15.3 Å². The van der Waals surface area contributed by atoms with Crippen molar-refractivity contribution < 1.29 is 0 Å². The van der Waals surface area contributed by atoms with Crippen molar-refractivity contribution in [3.8, 4) is 0 Å². The second-order valence-corrected chi connectivity index (χ2v) is 8.37. The number of hydrogen-bond acceptors (Lipinski definition) is 2. The molecule has 0 spiro atoms. The summed E-state index contributed by atoms with van der Waals surface area (Å²) < 4.78 is 0. The summed E-state index contributed by atoms with van der Waals surface area (Å²) in [6.07, 6.45) is 2.43. The maximum absolute atomic E-state index is 3.54.